The average Bonchev–Trinajstić information content (AvgIpc) is 3.54. The summed E-state index contributed by atoms with van der Waals surface area (Å²) in [6.07, 6.45) is 1.02. The molecule has 3 heterocycles. The van der Waals surface area contributed by atoms with E-state index in [4.69, 9.17) is 0 Å². The average molecular weight is 430 g/mol. The maximum atomic E-state index is 2.59. The van der Waals surface area contributed by atoms with Crippen molar-refractivity contribution in [3.05, 3.63) is 114 Å². The van der Waals surface area contributed by atoms with Gasteiger partial charge in [0, 0.05) is 27.5 Å². The van der Waals surface area contributed by atoms with Crippen molar-refractivity contribution < 1.29 is 0 Å². The van der Waals surface area contributed by atoms with Crippen LogP contribution in [0.1, 0.15) is 11.1 Å². The van der Waals surface area contributed by atoms with Crippen molar-refractivity contribution in [2.75, 3.05) is 4.81 Å². The van der Waals surface area contributed by atoms with Crippen LogP contribution in [0.5, 0.6) is 0 Å². The number of aromatic nitrogens is 1. The molecule has 0 spiro atoms. The maximum Gasteiger partial charge on any atom is 0.421 e. The Balaban J connectivity index is 1.43. The fourth-order valence-corrected chi connectivity index (χ4v) is 6.82. The smallest absolute Gasteiger partial charge is 0.359 e. The molecule has 2 nitrogen and oxygen atoms in total. The SMILES string of the molecule is c1ccc2c(c1)Cc1cc3c(cc1-2)N1B(c2ccccc2-3)n2c3ccccc3c3cccc1c32. The van der Waals surface area contributed by atoms with E-state index in [0.717, 1.165) is 6.42 Å². The lowest BCUT2D eigenvalue weighted by Gasteiger charge is -2.35. The summed E-state index contributed by atoms with van der Waals surface area (Å²) in [7, 11) is 0. The van der Waals surface area contributed by atoms with Gasteiger partial charge in [0.25, 0.3) is 0 Å². The Bertz CT molecular complexity index is 1860. The van der Waals surface area contributed by atoms with E-state index in [1.165, 1.54) is 72.0 Å². The Morgan fingerprint density at radius 1 is 0.559 bits per heavy atom. The van der Waals surface area contributed by atoms with E-state index in [9.17, 15) is 0 Å². The molecule has 156 valence electrons. The zero-order chi connectivity index (χ0) is 22.0. The summed E-state index contributed by atoms with van der Waals surface area (Å²) in [5.74, 6) is 0. The fourth-order valence-electron chi connectivity index (χ4n) is 6.82. The molecule has 3 heteroatoms. The third-order valence-corrected chi connectivity index (χ3v) is 8.16. The first-order valence-electron chi connectivity index (χ1n) is 12.0. The molecule has 5 aromatic carbocycles. The van der Waals surface area contributed by atoms with Crippen LogP contribution >= 0.6 is 0 Å². The molecule has 0 saturated carbocycles. The quantitative estimate of drug-likeness (QED) is 0.242. The number of rotatable bonds is 0. The Morgan fingerprint density at radius 2 is 1.35 bits per heavy atom. The van der Waals surface area contributed by atoms with Gasteiger partial charge in [-0.3, -0.25) is 0 Å². The minimum atomic E-state index is 0.123. The number of anilines is 2. The van der Waals surface area contributed by atoms with Crippen molar-refractivity contribution in [2.45, 2.75) is 6.42 Å². The molecule has 0 fully saturated rings. The van der Waals surface area contributed by atoms with Crippen LogP contribution < -0.4 is 10.3 Å². The number of hydrogen-bond acceptors (Lipinski definition) is 1. The largest absolute Gasteiger partial charge is 0.421 e. The van der Waals surface area contributed by atoms with Crippen molar-refractivity contribution in [3.8, 4) is 22.3 Å². The summed E-state index contributed by atoms with van der Waals surface area (Å²) in [5, 5.41) is 2.68. The highest BCUT2D eigenvalue weighted by molar-refractivity contribution is 6.82. The normalized spacial score (nSPS) is 14.2. The van der Waals surface area contributed by atoms with Gasteiger partial charge in [0.2, 0.25) is 0 Å². The van der Waals surface area contributed by atoms with E-state index in [1.807, 2.05) is 0 Å². The number of benzene rings is 5. The van der Waals surface area contributed by atoms with E-state index in [-0.39, 0.29) is 6.98 Å². The molecule has 0 bridgehead atoms. The highest BCUT2D eigenvalue weighted by Crippen LogP contribution is 2.51. The zero-order valence-corrected chi connectivity index (χ0v) is 18.5. The minimum absolute atomic E-state index is 0.123. The van der Waals surface area contributed by atoms with Gasteiger partial charge < -0.3 is 9.29 Å². The molecule has 2 aliphatic heterocycles. The van der Waals surface area contributed by atoms with Gasteiger partial charge in [0.05, 0.1) is 11.2 Å². The van der Waals surface area contributed by atoms with Gasteiger partial charge in [-0.05, 0) is 64.0 Å². The van der Waals surface area contributed by atoms with Crippen molar-refractivity contribution in [3.63, 3.8) is 0 Å². The van der Waals surface area contributed by atoms with Crippen LogP contribution in [-0.4, -0.2) is 11.5 Å². The second kappa shape index (κ2) is 5.81. The molecule has 6 aromatic rings. The minimum Gasteiger partial charge on any atom is -0.359 e. The monoisotopic (exact) mass is 430 g/mol. The van der Waals surface area contributed by atoms with E-state index in [0.29, 0.717) is 0 Å². The first-order chi connectivity index (χ1) is 16.9. The first kappa shape index (κ1) is 17.3. The number of para-hydroxylation sites is 2. The highest BCUT2D eigenvalue weighted by atomic mass is 15.2. The van der Waals surface area contributed by atoms with Gasteiger partial charge in [0.1, 0.15) is 0 Å². The molecular formula is C31H19BN2. The van der Waals surface area contributed by atoms with Gasteiger partial charge in [-0.25, -0.2) is 0 Å². The van der Waals surface area contributed by atoms with Gasteiger partial charge in [-0.15, -0.1) is 0 Å². The zero-order valence-electron chi connectivity index (χ0n) is 18.5. The molecule has 0 N–H and O–H groups in total. The van der Waals surface area contributed by atoms with Crippen LogP contribution in [0.3, 0.4) is 0 Å². The summed E-state index contributed by atoms with van der Waals surface area (Å²) in [5.41, 5.74) is 15.0. The molecule has 0 radical (unpaired) electrons. The molecule has 1 aliphatic carbocycles. The van der Waals surface area contributed by atoms with E-state index < -0.39 is 0 Å². The van der Waals surface area contributed by atoms with E-state index in [1.54, 1.807) is 0 Å². The van der Waals surface area contributed by atoms with Crippen LogP contribution in [0.25, 0.3) is 44.1 Å². The summed E-state index contributed by atoms with van der Waals surface area (Å²) >= 11 is 0. The summed E-state index contributed by atoms with van der Waals surface area (Å²) in [6.45, 7) is 0.123. The van der Waals surface area contributed by atoms with Crippen LogP contribution in [0.4, 0.5) is 11.4 Å². The summed E-state index contributed by atoms with van der Waals surface area (Å²) in [6, 6.07) is 38.5. The van der Waals surface area contributed by atoms with Crippen LogP contribution in [0.15, 0.2) is 103 Å². The topological polar surface area (TPSA) is 8.17 Å². The predicted octanol–water partition coefficient (Wildman–Crippen LogP) is 6.74. The van der Waals surface area contributed by atoms with Gasteiger partial charge in [-0.2, -0.15) is 0 Å². The van der Waals surface area contributed by atoms with Crippen LogP contribution in [0, 0.1) is 0 Å². The van der Waals surface area contributed by atoms with E-state index >= 15 is 0 Å². The predicted molar refractivity (Wildman–Crippen MR) is 142 cm³/mol. The van der Waals surface area contributed by atoms with Crippen molar-refractivity contribution >= 4 is 45.6 Å². The Morgan fingerprint density at radius 3 is 2.32 bits per heavy atom. The second-order valence-electron chi connectivity index (χ2n) is 9.75. The summed E-state index contributed by atoms with van der Waals surface area (Å²) in [4.78, 5) is 2.59. The third kappa shape index (κ3) is 1.88. The molecular weight excluding hydrogens is 411 g/mol. The molecule has 1 aromatic heterocycles. The third-order valence-electron chi connectivity index (χ3n) is 8.16. The molecule has 9 rings (SSSR count). The first-order valence-corrected chi connectivity index (χ1v) is 12.0. The maximum absolute atomic E-state index is 2.59. The molecule has 3 aliphatic rings. The lowest BCUT2D eigenvalue weighted by Crippen LogP contribution is -2.51. The van der Waals surface area contributed by atoms with Crippen LogP contribution in [0.2, 0.25) is 0 Å². The van der Waals surface area contributed by atoms with Crippen LogP contribution in [-0.2, 0) is 6.42 Å². The standard InChI is InChI=1S/C31H19BN2/c1-2-9-21-19(8-1)16-20-17-26-22-10-3-5-13-27(22)32-33(30(26)18-25(20)21)29-15-7-12-24-23-11-4-6-14-28(23)34(32)31(24)29/h1-15,17-18H,16H2. The summed E-state index contributed by atoms with van der Waals surface area (Å²) < 4.78 is 2.57. The Hall–Kier alpha value is -4.24. The Labute approximate surface area is 197 Å². The van der Waals surface area contributed by atoms with Crippen molar-refractivity contribution in [2.24, 2.45) is 0 Å². The number of nitrogens with zero attached hydrogens (tertiary/aromatic N) is 2. The molecule has 0 unspecified atom stereocenters. The lowest BCUT2D eigenvalue weighted by molar-refractivity contribution is 1.25. The molecule has 0 atom stereocenters. The van der Waals surface area contributed by atoms with Crippen molar-refractivity contribution in [1.29, 1.82) is 0 Å². The lowest BCUT2D eigenvalue weighted by atomic mass is 9.60. The highest BCUT2D eigenvalue weighted by Gasteiger charge is 2.45. The molecule has 0 amide bonds. The number of fused-ring (bicyclic) bond motifs is 14. The molecule has 0 saturated heterocycles. The Kier molecular flexibility index (Phi) is 2.95. The second-order valence-corrected chi connectivity index (χ2v) is 9.75. The fraction of sp³-hybridized carbons (Fsp3) is 0.0323. The van der Waals surface area contributed by atoms with Gasteiger partial charge in [-0.1, -0.05) is 78.9 Å². The van der Waals surface area contributed by atoms with Gasteiger partial charge in [0.15, 0.2) is 0 Å². The van der Waals surface area contributed by atoms with E-state index in [2.05, 4.69) is 112 Å². The van der Waals surface area contributed by atoms with Crippen molar-refractivity contribution in [1.82, 2.24) is 4.48 Å². The molecule has 34 heavy (non-hydrogen) atoms. The van der Waals surface area contributed by atoms with Gasteiger partial charge >= 0.3 is 6.98 Å². The number of hydrogen-bond donors (Lipinski definition) is 0.